The van der Waals surface area contributed by atoms with Gasteiger partial charge in [0.15, 0.2) is 0 Å². The molecule has 0 bridgehead atoms. The lowest BCUT2D eigenvalue weighted by Crippen LogP contribution is -2.32. The third-order valence-corrected chi connectivity index (χ3v) is 6.82. The Morgan fingerprint density at radius 3 is 2.33 bits per heavy atom. The SMILES string of the molecule is Cc1ccc(NC(=O)c2cccc(S(=O)(=O)N3CCCCCC3)c2)c(C)c1. The van der Waals surface area contributed by atoms with Crippen LogP contribution in [-0.2, 0) is 10.0 Å². The molecule has 1 heterocycles. The number of hydrogen-bond acceptors (Lipinski definition) is 3. The van der Waals surface area contributed by atoms with E-state index in [-0.39, 0.29) is 10.8 Å². The molecule has 1 saturated heterocycles. The Hall–Kier alpha value is -2.18. The summed E-state index contributed by atoms with van der Waals surface area (Å²) in [6, 6.07) is 12.1. The lowest BCUT2D eigenvalue weighted by Gasteiger charge is -2.20. The molecule has 2 aromatic carbocycles. The highest BCUT2D eigenvalue weighted by Gasteiger charge is 2.25. The smallest absolute Gasteiger partial charge is 0.255 e. The molecule has 2 aromatic rings. The second-order valence-corrected chi connectivity index (χ2v) is 9.06. The Morgan fingerprint density at radius 1 is 0.963 bits per heavy atom. The molecule has 3 rings (SSSR count). The van der Waals surface area contributed by atoms with Gasteiger partial charge in [0.05, 0.1) is 4.90 Å². The molecular formula is C21H26N2O3S. The summed E-state index contributed by atoms with van der Waals surface area (Å²) < 4.78 is 27.5. The van der Waals surface area contributed by atoms with Crippen LogP contribution in [-0.4, -0.2) is 31.7 Å². The quantitative estimate of drug-likeness (QED) is 0.859. The number of benzene rings is 2. The van der Waals surface area contributed by atoms with E-state index in [4.69, 9.17) is 0 Å². The summed E-state index contributed by atoms with van der Waals surface area (Å²) in [6.07, 6.45) is 3.88. The van der Waals surface area contributed by atoms with Crippen molar-refractivity contribution in [1.29, 1.82) is 0 Å². The monoisotopic (exact) mass is 386 g/mol. The van der Waals surface area contributed by atoms with Gasteiger partial charge in [-0.1, -0.05) is 36.6 Å². The summed E-state index contributed by atoms with van der Waals surface area (Å²) in [7, 11) is -3.57. The van der Waals surface area contributed by atoms with Gasteiger partial charge in [-0.25, -0.2) is 8.42 Å². The molecule has 0 atom stereocenters. The van der Waals surface area contributed by atoms with Crippen LogP contribution in [0.5, 0.6) is 0 Å². The van der Waals surface area contributed by atoms with Crippen molar-refractivity contribution < 1.29 is 13.2 Å². The van der Waals surface area contributed by atoms with E-state index in [1.165, 1.54) is 6.07 Å². The molecule has 1 aliphatic heterocycles. The van der Waals surface area contributed by atoms with E-state index in [2.05, 4.69) is 5.32 Å². The Labute approximate surface area is 161 Å². The van der Waals surface area contributed by atoms with Gasteiger partial charge < -0.3 is 5.32 Å². The molecule has 1 aliphatic rings. The average molecular weight is 387 g/mol. The van der Waals surface area contributed by atoms with Gasteiger partial charge in [0.1, 0.15) is 0 Å². The van der Waals surface area contributed by atoms with Crippen molar-refractivity contribution in [2.45, 2.75) is 44.4 Å². The molecule has 144 valence electrons. The summed E-state index contributed by atoms with van der Waals surface area (Å²) in [6.45, 7) is 5.02. The second kappa shape index (κ2) is 8.23. The lowest BCUT2D eigenvalue weighted by molar-refractivity contribution is 0.102. The zero-order valence-corrected chi connectivity index (χ0v) is 16.7. The summed E-state index contributed by atoms with van der Waals surface area (Å²) in [5.74, 6) is -0.310. The first-order chi connectivity index (χ1) is 12.9. The fourth-order valence-corrected chi connectivity index (χ4v) is 4.94. The van der Waals surface area contributed by atoms with Crippen molar-refractivity contribution in [2.75, 3.05) is 18.4 Å². The molecule has 6 heteroatoms. The number of sulfonamides is 1. The Bertz CT molecular complexity index is 930. The van der Waals surface area contributed by atoms with Crippen molar-refractivity contribution in [3.8, 4) is 0 Å². The van der Waals surface area contributed by atoms with E-state index in [0.717, 1.165) is 42.5 Å². The maximum atomic E-state index is 13.0. The predicted molar refractivity (Wildman–Crippen MR) is 108 cm³/mol. The molecule has 0 aromatic heterocycles. The zero-order chi connectivity index (χ0) is 19.4. The third-order valence-electron chi connectivity index (χ3n) is 4.93. The van der Waals surface area contributed by atoms with Crippen LogP contribution in [0.15, 0.2) is 47.4 Å². The third kappa shape index (κ3) is 4.57. The van der Waals surface area contributed by atoms with Crippen LogP contribution in [0.2, 0.25) is 0 Å². The number of nitrogens with zero attached hydrogens (tertiary/aromatic N) is 1. The molecule has 0 unspecified atom stereocenters. The van der Waals surface area contributed by atoms with Gasteiger partial charge in [0, 0.05) is 24.3 Å². The maximum Gasteiger partial charge on any atom is 0.255 e. The van der Waals surface area contributed by atoms with Crippen LogP contribution >= 0.6 is 0 Å². The molecule has 1 fully saturated rings. The first-order valence-corrected chi connectivity index (χ1v) is 10.8. The zero-order valence-electron chi connectivity index (χ0n) is 15.9. The molecule has 1 amide bonds. The van der Waals surface area contributed by atoms with Crippen molar-refractivity contribution in [3.05, 3.63) is 59.2 Å². The molecule has 27 heavy (non-hydrogen) atoms. The molecule has 0 spiro atoms. The van der Waals surface area contributed by atoms with Gasteiger partial charge in [-0.05, 0) is 56.5 Å². The van der Waals surface area contributed by atoms with Gasteiger partial charge in [0.25, 0.3) is 5.91 Å². The van der Waals surface area contributed by atoms with E-state index in [0.29, 0.717) is 18.7 Å². The van der Waals surface area contributed by atoms with Gasteiger partial charge in [-0.15, -0.1) is 0 Å². The summed E-state index contributed by atoms with van der Waals surface area (Å²) >= 11 is 0. The first kappa shape index (κ1) is 19.6. The summed E-state index contributed by atoms with van der Waals surface area (Å²) in [4.78, 5) is 12.8. The highest BCUT2D eigenvalue weighted by molar-refractivity contribution is 7.89. The van der Waals surface area contributed by atoms with E-state index in [1.807, 2.05) is 32.0 Å². The first-order valence-electron chi connectivity index (χ1n) is 9.37. The van der Waals surface area contributed by atoms with Crippen LogP contribution < -0.4 is 5.32 Å². The van der Waals surface area contributed by atoms with Gasteiger partial charge >= 0.3 is 0 Å². The predicted octanol–water partition coefficient (Wildman–Crippen LogP) is 4.12. The normalized spacial score (nSPS) is 15.9. The number of aryl methyl sites for hydroxylation is 2. The van der Waals surface area contributed by atoms with E-state index in [9.17, 15) is 13.2 Å². The minimum atomic E-state index is -3.57. The van der Waals surface area contributed by atoms with Gasteiger partial charge in [-0.2, -0.15) is 4.31 Å². The van der Waals surface area contributed by atoms with Crippen LogP contribution in [0.4, 0.5) is 5.69 Å². The number of carbonyl (C=O) groups is 1. The standard InChI is InChI=1S/C21H26N2O3S/c1-16-10-11-20(17(2)14-16)22-21(24)18-8-7-9-19(15-18)27(25,26)23-12-5-3-4-6-13-23/h7-11,14-15H,3-6,12-13H2,1-2H3,(H,22,24). The number of carbonyl (C=O) groups excluding carboxylic acids is 1. The molecule has 5 nitrogen and oxygen atoms in total. The summed E-state index contributed by atoms with van der Waals surface area (Å²) in [5, 5.41) is 2.87. The molecule has 0 saturated carbocycles. The fourth-order valence-electron chi connectivity index (χ4n) is 3.38. The lowest BCUT2D eigenvalue weighted by atomic mass is 10.1. The van der Waals surface area contributed by atoms with E-state index in [1.54, 1.807) is 22.5 Å². The number of anilines is 1. The Kier molecular flexibility index (Phi) is 5.97. The van der Waals surface area contributed by atoms with Crippen LogP contribution in [0.3, 0.4) is 0 Å². The number of nitrogens with one attached hydrogen (secondary N) is 1. The maximum absolute atomic E-state index is 13.0. The Balaban J connectivity index is 1.83. The van der Waals surface area contributed by atoms with Crippen LogP contribution in [0, 0.1) is 13.8 Å². The van der Waals surface area contributed by atoms with Crippen molar-refractivity contribution in [1.82, 2.24) is 4.31 Å². The largest absolute Gasteiger partial charge is 0.322 e. The molecule has 0 aliphatic carbocycles. The Morgan fingerprint density at radius 2 is 1.67 bits per heavy atom. The fraction of sp³-hybridized carbons (Fsp3) is 0.381. The topological polar surface area (TPSA) is 66.5 Å². The minimum absolute atomic E-state index is 0.178. The van der Waals surface area contributed by atoms with Crippen molar-refractivity contribution in [3.63, 3.8) is 0 Å². The van der Waals surface area contributed by atoms with Crippen molar-refractivity contribution >= 4 is 21.6 Å². The number of amides is 1. The molecular weight excluding hydrogens is 360 g/mol. The average Bonchev–Trinajstić information content (AvgIpc) is 2.94. The van der Waals surface area contributed by atoms with Gasteiger partial charge in [-0.3, -0.25) is 4.79 Å². The number of rotatable bonds is 4. The highest BCUT2D eigenvalue weighted by atomic mass is 32.2. The van der Waals surface area contributed by atoms with E-state index < -0.39 is 10.0 Å². The van der Waals surface area contributed by atoms with Gasteiger partial charge in [0.2, 0.25) is 10.0 Å². The van der Waals surface area contributed by atoms with E-state index >= 15 is 0 Å². The minimum Gasteiger partial charge on any atom is -0.322 e. The van der Waals surface area contributed by atoms with Crippen LogP contribution in [0.1, 0.15) is 47.2 Å². The van der Waals surface area contributed by atoms with Crippen LogP contribution in [0.25, 0.3) is 0 Å². The molecule has 0 radical (unpaired) electrons. The summed E-state index contributed by atoms with van der Waals surface area (Å²) in [5.41, 5.74) is 3.16. The second-order valence-electron chi connectivity index (χ2n) is 7.12. The van der Waals surface area contributed by atoms with Crippen molar-refractivity contribution in [2.24, 2.45) is 0 Å². The highest BCUT2D eigenvalue weighted by Crippen LogP contribution is 2.22. The number of hydrogen-bond donors (Lipinski definition) is 1. The molecule has 1 N–H and O–H groups in total.